The van der Waals surface area contributed by atoms with Crippen LogP contribution in [0.15, 0.2) is 48.0 Å². The topological polar surface area (TPSA) is 145 Å². The van der Waals surface area contributed by atoms with Crippen molar-refractivity contribution < 1.29 is 43.6 Å². The quantitative estimate of drug-likeness (QED) is 0.287. The maximum Gasteiger partial charge on any atom is 0.414 e. The van der Waals surface area contributed by atoms with Crippen LogP contribution in [0.5, 0.6) is 5.75 Å². The van der Waals surface area contributed by atoms with E-state index in [1.807, 2.05) is 32.8 Å². The van der Waals surface area contributed by atoms with Gasteiger partial charge in [0.25, 0.3) is 11.7 Å². The van der Waals surface area contributed by atoms with Crippen LogP contribution in [0.4, 0.5) is 4.39 Å². The number of aliphatic hydroxyl groups excluding tert-OH is 1. The standard InChI is InChI=1S/C24H27FN2O4.C2H2O4/c1-5-31-19-11-10-16(14-15(19)2)22(28)20-21(17-8-6-7-9-18(17)25)27(13-12-26(3)4)24(30)23(20)29;3-1(4)2(5)6/h6-11,14,21,28H,5,12-13H2,1-4H3;(H,3,4)(H,5,6)/b22-20+;. The van der Waals surface area contributed by atoms with E-state index in [0.717, 1.165) is 5.56 Å². The van der Waals surface area contributed by atoms with Gasteiger partial charge in [-0.3, -0.25) is 9.59 Å². The first kappa shape index (κ1) is 29.0. The zero-order chi connectivity index (χ0) is 27.9. The van der Waals surface area contributed by atoms with Crippen LogP contribution in [0, 0.1) is 12.7 Å². The largest absolute Gasteiger partial charge is 0.507 e. The number of amides is 1. The molecule has 1 unspecified atom stereocenters. The third-order valence-corrected chi connectivity index (χ3v) is 5.46. The summed E-state index contributed by atoms with van der Waals surface area (Å²) >= 11 is 0. The number of aliphatic carboxylic acids is 2. The molecule has 0 saturated carbocycles. The Labute approximate surface area is 213 Å². The summed E-state index contributed by atoms with van der Waals surface area (Å²) in [6, 6.07) is 10.0. The lowest BCUT2D eigenvalue weighted by Crippen LogP contribution is -2.35. The fourth-order valence-corrected chi connectivity index (χ4v) is 3.71. The summed E-state index contributed by atoms with van der Waals surface area (Å²) in [4.78, 5) is 47.2. The maximum atomic E-state index is 14.7. The number of hydrogen-bond donors (Lipinski definition) is 3. The Morgan fingerprint density at radius 1 is 1.05 bits per heavy atom. The Morgan fingerprint density at radius 2 is 1.68 bits per heavy atom. The molecule has 3 N–H and O–H groups in total. The van der Waals surface area contributed by atoms with E-state index >= 15 is 0 Å². The molecule has 0 aliphatic carbocycles. The number of Topliss-reactive ketones (excluding diaryl/α,β-unsaturated/α-hetero) is 1. The minimum Gasteiger partial charge on any atom is -0.507 e. The summed E-state index contributed by atoms with van der Waals surface area (Å²) in [5.74, 6) is -5.43. The van der Waals surface area contributed by atoms with Gasteiger partial charge in [0.05, 0.1) is 18.2 Å². The van der Waals surface area contributed by atoms with Gasteiger partial charge in [-0.15, -0.1) is 0 Å². The summed E-state index contributed by atoms with van der Waals surface area (Å²) in [6.45, 7) is 4.90. The molecule has 0 spiro atoms. The minimum absolute atomic E-state index is 0.114. The van der Waals surface area contributed by atoms with Crippen LogP contribution < -0.4 is 4.74 Å². The van der Waals surface area contributed by atoms with Crippen LogP contribution in [0.3, 0.4) is 0 Å². The van der Waals surface area contributed by atoms with Crippen molar-refractivity contribution in [3.8, 4) is 5.75 Å². The van der Waals surface area contributed by atoms with Crippen LogP contribution in [-0.2, 0) is 19.2 Å². The predicted molar refractivity (Wildman–Crippen MR) is 132 cm³/mol. The van der Waals surface area contributed by atoms with Gasteiger partial charge in [-0.2, -0.15) is 0 Å². The number of halogens is 1. The van der Waals surface area contributed by atoms with Crippen molar-refractivity contribution in [1.29, 1.82) is 0 Å². The normalized spacial score (nSPS) is 16.4. The van der Waals surface area contributed by atoms with Gasteiger partial charge < -0.3 is 29.9 Å². The number of carboxylic acids is 2. The predicted octanol–water partition coefficient (Wildman–Crippen LogP) is 2.67. The molecule has 198 valence electrons. The van der Waals surface area contributed by atoms with E-state index in [2.05, 4.69) is 0 Å². The molecule has 0 radical (unpaired) electrons. The number of carboxylic acid groups (broad SMARTS) is 2. The van der Waals surface area contributed by atoms with Gasteiger partial charge in [-0.25, -0.2) is 14.0 Å². The van der Waals surface area contributed by atoms with E-state index in [9.17, 15) is 19.1 Å². The summed E-state index contributed by atoms with van der Waals surface area (Å²) in [6.07, 6.45) is 0. The lowest BCUT2D eigenvalue weighted by molar-refractivity contribution is -0.159. The van der Waals surface area contributed by atoms with Crippen molar-refractivity contribution in [2.45, 2.75) is 19.9 Å². The molecule has 1 aliphatic rings. The Bertz CT molecular complexity index is 1210. The lowest BCUT2D eigenvalue weighted by Gasteiger charge is -2.26. The van der Waals surface area contributed by atoms with E-state index < -0.39 is 35.5 Å². The van der Waals surface area contributed by atoms with Gasteiger partial charge in [0.2, 0.25) is 0 Å². The molecule has 1 amide bonds. The number of ketones is 1. The average Bonchev–Trinajstić information content (AvgIpc) is 3.09. The first-order valence-electron chi connectivity index (χ1n) is 11.3. The highest BCUT2D eigenvalue weighted by Crippen LogP contribution is 2.40. The zero-order valence-corrected chi connectivity index (χ0v) is 20.9. The third kappa shape index (κ3) is 6.91. The van der Waals surface area contributed by atoms with Gasteiger partial charge in [0.1, 0.15) is 17.3 Å². The van der Waals surface area contributed by atoms with Crippen LogP contribution in [0.1, 0.15) is 29.7 Å². The molecule has 1 fully saturated rings. The average molecular weight is 517 g/mol. The summed E-state index contributed by atoms with van der Waals surface area (Å²) in [5, 5.41) is 25.9. The van der Waals surface area contributed by atoms with Crippen molar-refractivity contribution in [2.24, 2.45) is 0 Å². The highest BCUT2D eigenvalue weighted by atomic mass is 19.1. The smallest absolute Gasteiger partial charge is 0.414 e. The Balaban J connectivity index is 0.000000717. The fourth-order valence-electron chi connectivity index (χ4n) is 3.71. The Hall–Kier alpha value is -4.25. The van der Waals surface area contributed by atoms with Crippen molar-refractivity contribution in [1.82, 2.24) is 9.80 Å². The molecule has 11 heteroatoms. The summed E-state index contributed by atoms with van der Waals surface area (Å²) < 4.78 is 20.3. The number of likely N-dealkylation sites (N-methyl/N-ethyl adjacent to an activating group) is 1. The van der Waals surface area contributed by atoms with Crippen molar-refractivity contribution in [2.75, 3.05) is 33.8 Å². The number of hydrogen-bond acceptors (Lipinski definition) is 7. The highest BCUT2D eigenvalue weighted by Gasteiger charge is 2.46. The molecule has 37 heavy (non-hydrogen) atoms. The fraction of sp³-hybridized carbons (Fsp3) is 0.308. The molecule has 1 saturated heterocycles. The monoisotopic (exact) mass is 516 g/mol. The van der Waals surface area contributed by atoms with Crippen LogP contribution in [0.2, 0.25) is 0 Å². The zero-order valence-electron chi connectivity index (χ0n) is 20.9. The second-order valence-electron chi connectivity index (χ2n) is 8.34. The van der Waals surface area contributed by atoms with Crippen molar-refractivity contribution >= 4 is 29.4 Å². The molecular formula is C26H29FN2O8. The number of rotatable bonds is 7. The van der Waals surface area contributed by atoms with E-state index in [-0.39, 0.29) is 23.4 Å². The van der Waals surface area contributed by atoms with Crippen LogP contribution >= 0.6 is 0 Å². The molecule has 1 atom stereocenters. The SMILES string of the molecule is CCOc1ccc(/C(O)=C2\C(=O)C(=O)N(CCN(C)C)C2c2ccccc2F)cc1C.O=C(O)C(=O)O. The Morgan fingerprint density at radius 3 is 2.19 bits per heavy atom. The summed E-state index contributed by atoms with van der Waals surface area (Å²) in [7, 11) is 3.69. The molecule has 2 aromatic rings. The molecule has 0 bridgehead atoms. The number of benzene rings is 2. The summed E-state index contributed by atoms with van der Waals surface area (Å²) in [5.41, 5.74) is 1.20. The van der Waals surface area contributed by atoms with E-state index in [1.54, 1.807) is 30.3 Å². The number of nitrogens with zero attached hydrogens (tertiary/aromatic N) is 2. The van der Waals surface area contributed by atoms with E-state index in [0.29, 0.717) is 24.5 Å². The van der Waals surface area contributed by atoms with E-state index in [4.69, 9.17) is 24.5 Å². The molecule has 10 nitrogen and oxygen atoms in total. The Kier molecular flexibility index (Phi) is 9.90. The minimum atomic E-state index is -1.82. The first-order chi connectivity index (χ1) is 17.4. The lowest BCUT2D eigenvalue weighted by atomic mass is 9.94. The number of aryl methyl sites for hydroxylation is 1. The molecule has 0 aromatic heterocycles. The van der Waals surface area contributed by atoms with Crippen LogP contribution in [-0.4, -0.2) is 82.5 Å². The second kappa shape index (κ2) is 12.6. The molecular weight excluding hydrogens is 487 g/mol. The first-order valence-corrected chi connectivity index (χ1v) is 11.3. The maximum absolute atomic E-state index is 14.7. The highest BCUT2D eigenvalue weighted by molar-refractivity contribution is 6.46. The number of ether oxygens (including phenoxy) is 1. The van der Waals surface area contributed by atoms with Crippen molar-refractivity contribution in [3.63, 3.8) is 0 Å². The molecule has 1 aliphatic heterocycles. The third-order valence-electron chi connectivity index (χ3n) is 5.46. The van der Waals surface area contributed by atoms with Crippen LogP contribution in [0.25, 0.3) is 5.76 Å². The number of aliphatic hydroxyl groups is 1. The number of carbonyl (C=O) groups is 4. The molecule has 3 rings (SSSR count). The van der Waals surface area contributed by atoms with Gasteiger partial charge in [0.15, 0.2) is 0 Å². The molecule has 2 aromatic carbocycles. The second-order valence-corrected chi connectivity index (χ2v) is 8.34. The number of likely N-dealkylation sites (tertiary alicyclic amines) is 1. The molecule has 1 heterocycles. The van der Waals surface area contributed by atoms with E-state index in [1.165, 1.54) is 17.0 Å². The van der Waals surface area contributed by atoms with Crippen molar-refractivity contribution in [3.05, 3.63) is 70.5 Å². The number of carbonyl (C=O) groups excluding carboxylic acids is 2. The van der Waals surface area contributed by atoms with Gasteiger partial charge in [0, 0.05) is 24.2 Å². The van der Waals surface area contributed by atoms with Gasteiger partial charge in [-0.1, -0.05) is 18.2 Å². The van der Waals surface area contributed by atoms with Gasteiger partial charge in [-0.05, 0) is 57.8 Å². The van der Waals surface area contributed by atoms with Gasteiger partial charge >= 0.3 is 11.9 Å².